The van der Waals surface area contributed by atoms with Crippen molar-refractivity contribution < 1.29 is 4.74 Å². The molecule has 10 heteroatoms. The summed E-state index contributed by atoms with van der Waals surface area (Å²) in [4.78, 5) is 16.5. The first-order valence-electron chi connectivity index (χ1n) is 11.8. The molecule has 0 atom stereocenters. The van der Waals surface area contributed by atoms with Gasteiger partial charge >= 0.3 is 0 Å². The summed E-state index contributed by atoms with van der Waals surface area (Å²) in [6, 6.07) is 13.1. The number of nitriles is 1. The first-order valence-corrected chi connectivity index (χ1v) is 12.6. The number of nitrogens with zero attached hydrogens (tertiary/aromatic N) is 6. The highest BCUT2D eigenvalue weighted by atomic mass is 35.5. The molecule has 4 heterocycles. The molecule has 1 aliphatic rings. The second kappa shape index (κ2) is 11.2. The number of aryl methyl sites for hydroxylation is 1. The number of anilines is 1. The van der Waals surface area contributed by atoms with E-state index in [-0.39, 0.29) is 0 Å². The van der Waals surface area contributed by atoms with Gasteiger partial charge in [-0.1, -0.05) is 23.2 Å². The zero-order valence-electron chi connectivity index (χ0n) is 19.6. The standard InChI is InChI=1S/C26H25Cl2N7O/c27-19-4-6-22(23(28)12-19)24-13-25-32-21(16-34-8-10-36-11-9-34)17-35(25)26(33-24)30-7-1-2-20-5-3-18(14-29)15-31-20/h3-6,12-13,15,17H,1-2,7-11,16H2,(H,30,33). The number of hydrogen-bond donors (Lipinski definition) is 1. The van der Waals surface area contributed by atoms with Gasteiger partial charge in [-0.2, -0.15) is 5.26 Å². The fourth-order valence-electron chi connectivity index (χ4n) is 4.17. The summed E-state index contributed by atoms with van der Waals surface area (Å²) in [5.74, 6) is 0.696. The maximum atomic E-state index is 8.95. The Morgan fingerprint density at radius 3 is 2.67 bits per heavy atom. The lowest BCUT2D eigenvalue weighted by Gasteiger charge is -2.25. The van der Waals surface area contributed by atoms with Crippen LogP contribution in [0.4, 0.5) is 5.95 Å². The molecule has 1 saturated heterocycles. The quantitative estimate of drug-likeness (QED) is 0.331. The molecule has 0 amide bonds. The van der Waals surface area contributed by atoms with Gasteiger partial charge in [0.25, 0.3) is 0 Å². The van der Waals surface area contributed by atoms with Crippen molar-refractivity contribution in [2.24, 2.45) is 0 Å². The maximum Gasteiger partial charge on any atom is 0.209 e. The van der Waals surface area contributed by atoms with Crippen LogP contribution in [0.25, 0.3) is 16.9 Å². The molecule has 1 fully saturated rings. The first-order chi connectivity index (χ1) is 17.6. The molecule has 4 aromatic rings. The van der Waals surface area contributed by atoms with Gasteiger partial charge in [-0.05, 0) is 43.2 Å². The van der Waals surface area contributed by atoms with Gasteiger partial charge in [0, 0.05) is 60.9 Å². The van der Waals surface area contributed by atoms with E-state index in [1.165, 1.54) is 0 Å². The Kier molecular flexibility index (Phi) is 7.63. The zero-order chi connectivity index (χ0) is 24.9. The Labute approximate surface area is 219 Å². The van der Waals surface area contributed by atoms with Gasteiger partial charge in [0.1, 0.15) is 11.7 Å². The van der Waals surface area contributed by atoms with Gasteiger partial charge in [-0.25, -0.2) is 9.97 Å². The first kappa shape index (κ1) is 24.5. The van der Waals surface area contributed by atoms with Crippen LogP contribution in [0.2, 0.25) is 10.0 Å². The minimum absolute atomic E-state index is 0.539. The van der Waals surface area contributed by atoms with Crippen molar-refractivity contribution in [1.82, 2.24) is 24.3 Å². The number of halogens is 2. The van der Waals surface area contributed by atoms with Crippen LogP contribution in [0.5, 0.6) is 0 Å². The summed E-state index contributed by atoms with van der Waals surface area (Å²) < 4.78 is 7.46. The molecule has 0 spiro atoms. The molecule has 0 radical (unpaired) electrons. The van der Waals surface area contributed by atoms with Crippen LogP contribution in [0, 0.1) is 11.3 Å². The number of rotatable bonds is 8. The third-order valence-corrected chi connectivity index (χ3v) is 6.59. The number of benzene rings is 1. The van der Waals surface area contributed by atoms with Crippen LogP contribution in [0.15, 0.2) is 48.8 Å². The lowest BCUT2D eigenvalue weighted by atomic mass is 10.1. The predicted octanol–water partition coefficient (Wildman–Crippen LogP) is 4.85. The second-order valence-corrected chi connectivity index (χ2v) is 9.46. The number of imidazole rings is 1. The predicted molar refractivity (Wildman–Crippen MR) is 140 cm³/mol. The molecule has 0 saturated carbocycles. The van der Waals surface area contributed by atoms with E-state index in [1.54, 1.807) is 18.3 Å². The van der Waals surface area contributed by atoms with Gasteiger partial charge < -0.3 is 10.1 Å². The topological polar surface area (TPSA) is 91.4 Å². The molecule has 1 N–H and O–H groups in total. The summed E-state index contributed by atoms with van der Waals surface area (Å²) >= 11 is 12.6. The summed E-state index contributed by atoms with van der Waals surface area (Å²) in [7, 11) is 0. The average Bonchev–Trinajstić information content (AvgIpc) is 3.30. The summed E-state index contributed by atoms with van der Waals surface area (Å²) in [6.45, 7) is 4.73. The Balaban J connectivity index is 1.38. The highest BCUT2D eigenvalue weighted by molar-refractivity contribution is 6.36. The van der Waals surface area contributed by atoms with E-state index in [1.807, 2.05) is 34.9 Å². The number of ether oxygens (including phenoxy) is 1. The minimum Gasteiger partial charge on any atom is -0.379 e. The number of fused-ring (bicyclic) bond motifs is 1. The lowest BCUT2D eigenvalue weighted by molar-refractivity contribution is 0.0337. The van der Waals surface area contributed by atoms with Crippen molar-refractivity contribution in [3.8, 4) is 17.3 Å². The third kappa shape index (κ3) is 5.77. The van der Waals surface area contributed by atoms with E-state index in [2.05, 4.69) is 21.3 Å². The van der Waals surface area contributed by atoms with Crippen LogP contribution in [-0.4, -0.2) is 57.1 Å². The largest absolute Gasteiger partial charge is 0.379 e. The molecule has 8 nitrogen and oxygen atoms in total. The molecule has 5 rings (SSSR count). The zero-order valence-corrected chi connectivity index (χ0v) is 21.1. The number of morpholine rings is 1. The highest BCUT2D eigenvalue weighted by Crippen LogP contribution is 2.31. The van der Waals surface area contributed by atoms with E-state index in [4.69, 9.17) is 43.2 Å². The van der Waals surface area contributed by atoms with Gasteiger partial charge in [-0.15, -0.1) is 0 Å². The van der Waals surface area contributed by atoms with Crippen LogP contribution in [-0.2, 0) is 17.7 Å². The number of pyridine rings is 1. The molecule has 184 valence electrons. The van der Waals surface area contributed by atoms with Crippen LogP contribution < -0.4 is 5.32 Å². The van der Waals surface area contributed by atoms with Crippen molar-refractivity contribution in [3.05, 3.63) is 75.8 Å². The third-order valence-electron chi connectivity index (χ3n) is 6.05. The van der Waals surface area contributed by atoms with Crippen molar-refractivity contribution >= 4 is 34.8 Å². The van der Waals surface area contributed by atoms with E-state index in [9.17, 15) is 0 Å². The monoisotopic (exact) mass is 521 g/mol. The fraction of sp³-hybridized carbons (Fsp3) is 0.308. The Morgan fingerprint density at radius 2 is 1.92 bits per heavy atom. The molecule has 1 aliphatic heterocycles. The maximum absolute atomic E-state index is 8.95. The molecular weight excluding hydrogens is 497 g/mol. The Morgan fingerprint density at radius 1 is 1.06 bits per heavy atom. The van der Waals surface area contributed by atoms with Gasteiger partial charge in [0.15, 0.2) is 0 Å². The molecule has 36 heavy (non-hydrogen) atoms. The normalized spacial score (nSPS) is 14.1. The summed E-state index contributed by atoms with van der Waals surface area (Å²) in [5, 5.41) is 13.5. The van der Waals surface area contributed by atoms with Gasteiger partial charge in [-0.3, -0.25) is 14.3 Å². The highest BCUT2D eigenvalue weighted by Gasteiger charge is 2.16. The lowest BCUT2D eigenvalue weighted by Crippen LogP contribution is -2.35. The van der Waals surface area contributed by atoms with Crippen molar-refractivity contribution in [2.45, 2.75) is 19.4 Å². The Hall–Kier alpha value is -3.22. The van der Waals surface area contributed by atoms with E-state index in [0.29, 0.717) is 28.1 Å². The SMILES string of the molecule is N#Cc1ccc(CCCNc2nc(-c3ccc(Cl)cc3Cl)cc3nc(CN4CCOCC4)cn23)nc1. The number of hydrogen-bond acceptors (Lipinski definition) is 7. The van der Waals surface area contributed by atoms with Crippen molar-refractivity contribution in [3.63, 3.8) is 0 Å². The summed E-state index contributed by atoms with van der Waals surface area (Å²) in [6.07, 6.45) is 5.28. The summed E-state index contributed by atoms with van der Waals surface area (Å²) in [5.41, 5.74) is 4.81. The van der Waals surface area contributed by atoms with Gasteiger partial charge in [0.05, 0.1) is 35.2 Å². The smallest absolute Gasteiger partial charge is 0.209 e. The molecule has 0 unspecified atom stereocenters. The van der Waals surface area contributed by atoms with E-state index >= 15 is 0 Å². The molecule has 1 aromatic carbocycles. The van der Waals surface area contributed by atoms with E-state index < -0.39 is 0 Å². The number of nitrogens with one attached hydrogen (secondary N) is 1. The average molecular weight is 522 g/mol. The van der Waals surface area contributed by atoms with Crippen LogP contribution in [0.3, 0.4) is 0 Å². The molecule has 0 aliphatic carbocycles. The minimum atomic E-state index is 0.539. The van der Waals surface area contributed by atoms with Crippen molar-refractivity contribution in [2.75, 3.05) is 38.2 Å². The molecule has 0 bridgehead atoms. The molecule has 3 aromatic heterocycles. The van der Waals surface area contributed by atoms with E-state index in [0.717, 1.165) is 74.0 Å². The van der Waals surface area contributed by atoms with Gasteiger partial charge in [0.2, 0.25) is 5.95 Å². The number of aromatic nitrogens is 4. The van der Waals surface area contributed by atoms with Crippen molar-refractivity contribution in [1.29, 1.82) is 5.26 Å². The second-order valence-electron chi connectivity index (χ2n) is 8.62. The van der Waals surface area contributed by atoms with Crippen LogP contribution >= 0.6 is 23.2 Å². The fourth-order valence-corrected chi connectivity index (χ4v) is 4.68. The molecular formula is C26H25Cl2N7O. The Bertz CT molecular complexity index is 1390. The van der Waals surface area contributed by atoms with Crippen LogP contribution in [0.1, 0.15) is 23.4 Å².